The number of hydrogen-bond donors (Lipinski definition) is 2. The first-order valence-electron chi connectivity index (χ1n) is 5.81. The third kappa shape index (κ3) is 3.73. The Kier molecular flexibility index (Phi) is 4.47. The molecule has 1 aromatic carbocycles. The molecule has 2 N–H and O–H groups in total. The van der Waals surface area contributed by atoms with Crippen LogP contribution in [0.25, 0.3) is 5.69 Å². The molecule has 5 nitrogen and oxygen atoms in total. The monoisotopic (exact) mass is 284 g/mol. The average molecular weight is 285 g/mol. The van der Waals surface area contributed by atoms with Gasteiger partial charge >= 0.3 is 0 Å². The maximum atomic E-state index is 13.1. The fourth-order valence-electron chi connectivity index (χ4n) is 1.54. The largest absolute Gasteiger partial charge is 0.392 e. The van der Waals surface area contributed by atoms with E-state index in [1.165, 1.54) is 16.8 Å². The van der Waals surface area contributed by atoms with E-state index in [0.717, 1.165) is 5.69 Å². The number of benzene rings is 1. The molecular weight excluding hydrogens is 271 g/mol. The van der Waals surface area contributed by atoms with Crippen molar-refractivity contribution in [1.29, 1.82) is 0 Å². The highest BCUT2D eigenvalue weighted by molar-refractivity contribution is 6.30. The van der Waals surface area contributed by atoms with Crippen molar-refractivity contribution in [3.05, 3.63) is 40.9 Å². The van der Waals surface area contributed by atoms with Crippen LogP contribution in [0.4, 0.5) is 4.39 Å². The number of hydrogen-bond acceptors (Lipinski definition) is 4. The maximum Gasteiger partial charge on any atom is 0.141 e. The van der Waals surface area contributed by atoms with Crippen LogP contribution in [-0.4, -0.2) is 32.7 Å². The van der Waals surface area contributed by atoms with Crippen molar-refractivity contribution < 1.29 is 9.50 Å². The Morgan fingerprint density at radius 3 is 3.00 bits per heavy atom. The van der Waals surface area contributed by atoms with Gasteiger partial charge in [0, 0.05) is 13.1 Å². The first kappa shape index (κ1) is 13.9. The lowest BCUT2D eigenvalue weighted by Gasteiger charge is -2.04. The number of halogens is 2. The molecule has 1 heterocycles. The Balaban J connectivity index is 2.05. The van der Waals surface area contributed by atoms with E-state index in [-0.39, 0.29) is 5.02 Å². The predicted octanol–water partition coefficient (Wildman–Crippen LogP) is 1.53. The van der Waals surface area contributed by atoms with Crippen LogP contribution in [0.3, 0.4) is 0 Å². The Bertz CT molecular complexity index is 558. The highest BCUT2D eigenvalue weighted by atomic mass is 35.5. The van der Waals surface area contributed by atoms with E-state index >= 15 is 0 Å². The molecule has 2 aromatic rings. The van der Waals surface area contributed by atoms with Gasteiger partial charge in [0.05, 0.1) is 28.7 Å². The standard InChI is InChI=1S/C12H14ClFN4O/c1-8(19)5-15-6-9-7-18(17-16-9)10-2-3-12(14)11(13)4-10/h2-4,7-8,15,19H,5-6H2,1H3/t8-/m1/s1. The molecule has 1 aromatic heterocycles. The molecule has 0 saturated heterocycles. The zero-order valence-corrected chi connectivity index (χ0v) is 11.1. The molecule has 19 heavy (non-hydrogen) atoms. The van der Waals surface area contributed by atoms with E-state index in [0.29, 0.717) is 18.8 Å². The number of nitrogens with zero attached hydrogens (tertiary/aromatic N) is 3. The molecule has 0 spiro atoms. The van der Waals surface area contributed by atoms with Gasteiger partial charge < -0.3 is 10.4 Å². The summed E-state index contributed by atoms with van der Waals surface area (Å²) in [6.45, 7) is 2.68. The van der Waals surface area contributed by atoms with Crippen LogP contribution in [0.15, 0.2) is 24.4 Å². The summed E-state index contributed by atoms with van der Waals surface area (Å²) >= 11 is 5.71. The number of rotatable bonds is 5. The molecule has 0 aliphatic carbocycles. The van der Waals surface area contributed by atoms with E-state index in [9.17, 15) is 4.39 Å². The van der Waals surface area contributed by atoms with Crippen LogP contribution in [0, 0.1) is 5.82 Å². The van der Waals surface area contributed by atoms with E-state index in [1.54, 1.807) is 19.2 Å². The molecule has 0 aliphatic rings. The lowest BCUT2D eigenvalue weighted by atomic mass is 10.3. The molecule has 7 heteroatoms. The Hall–Kier alpha value is -1.50. The van der Waals surface area contributed by atoms with Gasteiger partial charge in [0.2, 0.25) is 0 Å². The van der Waals surface area contributed by atoms with Crippen LogP contribution in [0.2, 0.25) is 5.02 Å². The summed E-state index contributed by atoms with van der Waals surface area (Å²) in [7, 11) is 0. The Morgan fingerprint density at radius 2 is 2.32 bits per heavy atom. The smallest absolute Gasteiger partial charge is 0.141 e. The molecule has 102 valence electrons. The van der Waals surface area contributed by atoms with Gasteiger partial charge in [-0.15, -0.1) is 5.10 Å². The number of aliphatic hydroxyl groups excluding tert-OH is 1. The van der Waals surface area contributed by atoms with Gasteiger partial charge in [0.15, 0.2) is 0 Å². The van der Waals surface area contributed by atoms with Gasteiger partial charge in [-0.2, -0.15) is 0 Å². The minimum atomic E-state index is -0.468. The van der Waals surface area contributed by atoms with Crippen molar-refractivity contribution in [3.63, 3.8) is 0 Å². The van der Waals surface area contributed by atoms with Gasteiger partial charge in [0.1, 0.15) is 5.82 Å². The van der Waals surface area contributed by atoms with Crippen LogP contribution in [0.1, 0.15) is 12.6 Å². The van der Waals surface area contributed by atoms with Crippen molar-refractivity contribution in [2.75, 3.05) is 6.54 Å². The summed E-state index contributed by atoms with van der Waals surface area (Å²) in [6.07, 6.45) is 1.31. The number of aromatic nitrogens is 3. The van der Waals surface area contributed by atoms with Crippen molar-refractivity contribution >= 4 is 11.6 Å². The topological polar surface area (TPSA) is 63.0 Å². The zero-order valence-electron chi connectivity index (χ0n) is 10.3. The lowest BCUT2D eigenvalue weighted by Crippen LogP contribution is -2.23. The maximum absolute atomic E-state index is 13.1. The summed E-state index contributed by atoms with van der Waals surface area (Å²) in [5, 5.41) is 20.1. The summed E-state index contributed by atoms with van der Waals surface area (Å²) in [5.74, 6) is -0.468. The fraction of sp³-hybridized carbons (Fsp3) is 0.333. The van der Waals surface area contributed by atoms with Gasteiger partial charge in [-0.1, -0.05) is 16.8 Å². The first-order chi connectivity index (χ1) is 9.06. The second-order valence-electron chi connectivity index (χ2n) is 4.23. The molecule has 2 rings (SSSR count). The predicted molar refractivity (Wildman–Crippen MR) is 69.7 cm³/mol. The number of aliphatic hydroxyl groups is 1. The van der Waals surface area contributed by atoms with Crippen molar-refractivity contribution in [2.24, 2.45) is 0 Å². The zero-order chi connectivity index (χ0) is 13.8. The first-order valence-corrected chi connectivity index (χ1v) is 6.19. The van der Waals surface area contributed by atoms with Gasteiger partial charge in [-0.3, -0.25) is 0 Å². The molecule has 0 amide bonds. The molecular formula is C12H14ClFN4O. The normalized spacial score (nSPS) is 12.6. The van der Waals surface area contributed by atoms with E-state index < -0.39 is 11.9 Å². The third-order valence-corrected chi connectivity index (χ3v) is 2.74. The summed E-state index contributed by atoms with van der Waals surface area (Å²) < 4.78 is 14.6. The molecule has 0 saturated carbocycles. The molecule has 0 bridgehead atoms. The third-order valence-electron chi connectivity index (χ3n) is 2.45. The van der Waals surface area contributed by atoms with E-state index in [1.807, 2.05) is 0 Å². The highest BCUT2D eigenvalue weighted by Crippen LogP contribution is 2.18. The molecule has 0 radical (unpaired) electrons. The van der Waals surface area contributed by atoms with Crippen LogP contribution < -0.4 is 5.32 Å². The quantitative estimate of drug-likeness (QED) is 0.874. The van der Waals surface area contributed by atoms with Gasteiger partial charge in [0.25, 0.3) is 0 Å². The minimum Gasteiger partial charge on any atom is -0.392 e. The van der Waals surface area contributed by atoms with Crippen LogP contribution in [-0.2, 0) is 6.54 Å². The van der Waals surface area contributed by atoms with E-state index in [4.69, 9.17) is 16.7 Å². The second-order valence-corrected chi connectivity index (χ2v) is 4.64. The van der Waals surface area contributed by atoms with Gasteiger partial charge in [-0.05, 0) is 25.1 Å². The van der Waals surface area contributed by atoms with E-state index in [2.05, 4.69) is 15.6 Å². The minimum absolute atomic E-state index is 0.0433. The molecule has 1 atom stereocenters. The van der Waals surface area contributed by atoms with Crippen LogP contribution in [0.5, 0.6) is 0 Å². The Morgan fingerprint density at radius 1 is 1.53 bits per heavy atom. The van der Waals surface area contributed by atoms with Crippen molar-refractivity contribution in [2.45, 2.75) is 19.6 Å². The lowest BCUT2D eigenvalue weighted by molar-refractivity contribution is 0.191. The van der Waals surface area contributed by atoms with Gasteiger partial charge in [-0.25, -0.2) is 9.07 Å². The SMILES string of the molecule is C[C@@H](O)CNCc1cn(-c2ccc(F)c(Cl)c2)nn1. The summed E-state index contributed by atoms with van der Waals surface area (Å²) in [4.78, 5) is 0. The fourth-order valence-corrected chi connectivity index (χ4v) is 1.72. The van der Waals surface area contributed by atoms with Crippen LogP contribution >= 0.6 is 11.6 Å². The summed E-state index contributed by atoms with van der Waals surface area (Å²) in [6, 6.07) is 4.34. The van der Waals surface area contributed by atoms with Crippen molar-refractivity contribution in [3.8, 4) is 5.69 Å². The Labute approximate surface area is 115 Å². The molecule has 0 unspecified atom stereocenters. The number of nitrogens with one attached hydrogen (secondary N) is 1. The average Bonchev–Trinajstić information content (AvgIpc) is 2.81. The second kappa shape index (κ2) is 6.10. The highest BCUT2D eigenvalue weighted by Gasteiger charge is 2.06. The van der Waals surface area contributed by atoms with Crippen molar-refractivity contribution in [1.82, 2.24) is 20.3 Å². The molecule has 0 aliphatic heterocycles. The summed E-state index contributed by atoms with van der Waals surface area (Å²) in [5.41, 5.74) is 1.36. The molecule has 0 fully saturated rings.